The van der Waals surface area contributed by atoms with E-state index < -0.39 is 11.7 Å². The van der Waals surface area contributed by atoms with E-state index in [0.717, 1.165) is 66.3 Å². The van der Waals surface area contributed by atoms with Crippen molar-refractivity contribution in [3.8, 4) is 95.7 Å². The van der Waals surface area contributed by atoms with Gasteiger partial charge in [0, 0.05) is 44.2 Å². The molecule has 0 unspecified atom stereocenters. The van der Waals surface area contributed by atoms with Crippen LogP contribution in [0.25, 0.3) is 118 Å². The molecule has 0 spiro atoms. The maximum absolute atomic E-state index is 16.0. The number of hydrogen-bond donors (Lipinski definition) is 0. The third-order valence-corrected chi connectivity index (χ3v) is 13.5. The lowest BCUT2D eigenvalue weighted by Gasteiger charge is -2.22. The highest BCUT2D eigenvalue weighted by atomic mass is 19.4. The molecular formula is C65H44F3N5. The van der Waals surface area contributed by atoms with Crippen molar-refractivity contribution in [3.63, 3.8) is 0 Å². The van der Waals surface area contributed by atoms with Gasteiger partial charge in [-0.3, -0.25) is 0 Å². The van der Waals surface area contributed by atoms with Gasteiger partial charge in [-0.15, -0.1) is 0 Å². The Kier molecular flexibility index (Phi) is 11.4. The lowest BCUT2D eigenvalue weighted by molar-refractivity contribution is -0.137. The van der Waals surface area contributed by atoms with Crippen molar-refractivity contribution in [3.05, 3.63) is 247 Å². The summed E-state index contributed by atoms with van der Waals surface area (Å²) >= 11 is 0. The average Bonchev–Trinajstić information content (AvgIpc) is 3.75. The van der Waals surface area contributed by atoms with Crippen molar-refractivity contribution in [2.24, 2.45) is 0 Å². The largest absolute Gasteiger partial charge is 0.416 e. The second-order valence-electron chi connectivity index (χ2n) is 18.2. The van der Waals surface area contributed by atoms with Crippen molar-refractivity contribution < 1.29 is 13.2 Å². The number of nitrogens with zero attached hydrogens (tertiary/aromatic N) is 5. The summed E-state index contributed by atoms with van der Waals surface area (Å²) in [5.74, 6) is 0.736. The number of hydrogen-bond acceptors (Lipinski definition) is 4. The van der Waals surface area contributed by atoms with Gasteiger partial charge in [-0.25, -0.2) is 19.9 Å². The fourth-order valence-electron chi connectivity index (χ4n) is 9.93. The first-order valence-electron chi connectivity index (χ1n) is 24.1. The monoisotopic (exact) mass is 951 g/mol. The molecule has 12 rings (SSSR count). The zero-order chi connectivity index (χ0) is 49.6. The zero-order valence-electron chi connectivity index (χ0n) is 39.8. The zero-order valence-corrected chi connectivity index (χ0v) is 39.8. The molecule has 0 aliphatic rings. The molecule has 12 aromatic rings. The van der Waals surface area contributed by atoms with Crippen LogP contribution in [0, 0.1) is 13.8 Å². The van der Waals surface area contributed by atoms with Gasteiger partial charge in [0.2, 0.25) is 0 Å². The number of aromatic nitrogens is 5. The Morgan fingerprint density at radius 3 is 1.07 bits per heavy atom. The molecule has 3 heterocycles. The first-order chi connectivity index (χ1) is 35.6. The van der Waals surface area contributed by atoms with Crippen LogP contribution in [0.4, 0.5) is 13.2 Å². The van der Waals surface area contributed by atoms with Crippen LogP contribution < -0.4 is 0 Å². The Morgan fingerprint density at radius 1 is 0.329 bits per heavy atom. The molecule has 0 aliphatic carbocycles. The number of benzene rings is 9. The van der Waals surface area contributed by atoms with E-state index in [1.807, 2.05) is 146 Å². The minimum Gasteiger partial charge on any atom is -0.308 e. The van der Waals surface area contributed by atoms with Gasteiger partial charge in [0.05, 0.1) is 45.1 Å². The minimum atomic E-state index is -4.78. The summed E-state index contributed by atoms with van der Waals surface area (Å²) in [4.78, 5) is 20.7. The molecule has 350 valence electrons. The van der Waals surface area contributed by atoms with E-state index in [4.69, 9.17) is 19.9 Å². The number of rotatable bonds is 9. The van der Waals surface area contributed by atoms with Gasteiger partial charge in [0.15, 0.2) is 11.6 Å². The highest BCUT2D eigenvalue weighted by molar-refractivity contribution is 6.12. The Morgan fingerprint density at radius 2 is 0.685 bits per heavy atom. The standard InChI is InChI=1S/C65H44F3N5/c1-41-19-15-17-29-50(41)47-31-33-52-53-34-32-48(51-30-18-16-20-42(51)2)36-61(53)73(60(52)35-47)62-54(58-39-56(43-21-7-3-8-22-43)69-63(71-58)45-25-11-5-12-26-45)37-49(65(66,67)68)38-55(62)59-40-57(44-23-9-4-10-24-44)70-64(72-59)46-27-13-6-14-28-46/h3-40H,1-2H3. The molecule has 9 aromatic carbocycles. The van der Waals surface area contributed by atoms with Crippen LogP contribution in [0.1, 0.15) is 16.7 Å². The second kappa shape index (κ2) is 18.5. The molecule has 0 atom stereocenters. The molecule has 8 heteroatoms. The SMILES string of the molecule is Cc1ccccc1-c1ccc2c3ccc(-c4ccccc4C)cc3n(-c3c(-c4cc(-c5ccccc5)nc(-c5ccccc5)n4)cc(C(F)(F)F)cc3-c3cc(-c4ccccc4)nc(-c4ccccc4)n3)c2c1. The van der Waals surface area contributed by atoms with Crippen LogP contribution in [0.2, 0.25) is 0 Å². The molecule has 0 radical (unpaired) electrons. The van der Waals surface area contributed by atoms with Gasteiger partial charge in [-0.2, -0.15) is 13.2 Å². The minimum absolute atomic E-state index is 0.240. The maximum Gasteiger partial charge on any atom is 0.416 e. The number of alkyl halides is 3. The summed E-state index contributed by atoms with van der Waals surface area (Å²) in [6, 6.07) is 73.8. The van der Waals surface area contributed by atoms with E-state index in [1.165, 1.54) is 12.1 Å². The number of aryl methyl sites for hydroxylation is 2. The normalized spacial score (nSPS) is 11.6. The fraction of sp³-hybridized carbons (Fsp3) is 0.0462. The van der Waals surface area contributed by atoms with E-state index in [2.05, 4.69) is 79.1 Å². The molecule has 0 saturated heterocycles. The Labute approximate surface area is 420 Å². The number of halogens is 3. The Balaban J connectivity index is 1.28. The predicted octanol–water partition coefficient (Wildman–Crippen LogP) is 17.3. The van der Waals surface area contributed by atoms with Crippen molar-refractivity contribution >= 4 is 21.8 Å². The lowest BCUT2D eigenvalue weighted by Crippen LogP contribution is -2.10. The summed E-state index contributed by atoms with van der Waals surface area (Å²) in [5, 5.41) is 1.85. The van der Waals surface area contributed by atoms with Crippen LogP contribution in [0.15, 0.2) is 231 Å². The molecule has 0 fully saturated rings. The van der Waals surface area contributed by atoms with Crippen LogP contribution in [-0.4, -0.2) is 24.5 Å². The quantitative estimate of drug-likeness (QED) is 0.145. The molecular weight excluding hydrogens is 908 g/mol. The summed E-state index contributed by atoms with van der Waals surface area (Å²) in [6.45, 7) is 4.17. The first kappa shape index (κ1) is 44.9. The first-order valence-corrected chi connectivity index (χ1v) is 24.1. The van der Waals surface area contributed by atoms with Gasteiger partial charge >= 0.3 is 6.18 Å². The van der Waals surface area contributed by atoms with Gasteiger partial charge in [0.25, 0.3) is 0 Å². The Bertz CT molecular complexity index is 3650. The van der Waals surface area contributed by atoms with E-state index in [0.29, 0.717) is 51.2 Å². The second-order valence-corrected chi connectivity index (χ2v) is 18.2. The van der Waals surface area contributed by atoms with Crippen LogP contribution in [0.5, 0.6) is 0 Å². The smallest absolute Gasteiger partial charge is 0.308 e. The van der Waals surface area contributed by atoms with Crippen LogP contribution in [-0.2, 0) is 6.18 Å². The van der Waals surface area contributed by atoms with Crippen LogP contribution in [0.3, 0.4) is 0 Å². The average molecular weight is 952 g/mol. The highest BCUT2D eigenvalue weighted by Gasteiger charge is 2.35. The van der Waals surface area contributed by atoms with Crippen LogP contribution >= 0.6 is 0 Å². The third-order valence-electron chi connectivity index (χ3n) is 13.5. The molecule has 5 nitrogen and oxygen atoms in total. The molecule has 0 aliphatic heterocycles. The van der Waals surface area contributed by atoms with E-state index >= 15 is 13.2 Å². The van der Waals surface area contributed by atoms with Gasteiger partial charge in [0.1, 0.15) is 0 Å². The van der Waals surface area contributed by atoms with E-state index in [-0.39, 0.29) is 11.1 Å². The molecule has 0 amide bonds. The van der Waals surface area contributed by atoms with Crippen molar-refractivity contribution in [1.29, 1.82) is 0 Å². The summed E-state index contributed by atoms with van der Waals surface area (Å²) < 4.78 is 50.2. The van der Waals surface area contributed by atoms with E-state index in [9.17, 15) is 0 Å². The van der Waals surface area contributed by atoms with Crippen molar-refractivity contribution in [1.82, 2.24) is 24.5 Å². The fourth-order valence-corrected chi connectivity index (χ4v) is 9.93. The lowest BCUT2D eigenvalue weighted by atomic mass is 9.95. The molecule has 73 heavy (non-hydrogen) atoms. The summed E-state index contributed by atoms with van der Waals surface area (Å²) in [6.07, 6.45) is -4.78. The van der Waals surface area contributed by atoms with Crippen molar-refractivity contribution in [2.45, 2.75) is 20.0 Å². The molecule has 3 aromatic heterocycles. The van der Waals surface area contributed by atoms with Gasteiger partial charge < -0.3 is 4.57 Å². The maximum atomic E-state index is 16.0. The van der Waals surface area contributed by atoms with Gasteiger partial charge in [-0.1, -0.05) is 194 Å². The third kappa shape index (κ3) is 8.53. The van der Waals surface area contributed by atoms with Gasteiger partial charge in [-0.05, 0) is 83.6 Å². The molecule has 0 saturated carbocycles. The predicted molar refractivity (Wildman–Crippen MR) is 290 cm³/mol. The summed E-state index contributed by atoms with van der Waals surface area (Å²) in [7, 11) is 0. The van der Waals surface area contributed by atoms with Crippen molar-refractivity contribution in [2.75, 3.05) is 0 Å². The van der Waals surface area contributed by atoms with E-state index in [1.54, 1.807) is 12.1 Å². The summed E-state index contributed by atoms with van der Waals surface area (Å²) in [5.41, 5.74) is 12.6. The Hall–Kier alpha value is -9.27. The number of fused-ring (bicyclic) bond motifs is 3. The molecule has 0 bridgehead atoms. The topological polar surface area (TPSA) is 56.5 Å². The highest BCUT2D eigenvalue weighted by Crippen LogP contribution is 2.47. The molecule has 0 N–H and O–H groups in total.